The molecule has 25 heavy (non-hydrogen) atoms. The number of nitrogens with zero attached hydrogens (tertiary/aromatic N) is 3. The number of pyridine rings is 1. The molecule has 2 heterocycles. The molecule has 1 fully saturated rings. The van der Waals surface area contributed by atoms with Gasteiger partial charge in [0.15, 0.2) is 0 Å². The molecule has 0 aliphatic carbocycles. The van der Waals surface area contributed by atoms with Crippen LogP contribution in [0.5, 0.6) is 0 Å². The highest BCUT2D eigenvalue weighted by molar-refractivity contribution is 5.68. The van der Waals surface area contributed by atoms with Gasteiger partial charge in [-0.2, -0.15) is 0 Å². The lowest BCUT2D eigenvalue weighted by atomic mass is 9.98. The Morgan fingerprint density at radius 2 is 2.16 bits per heavy atom. The molecule has 8 nitrogen and oxygen atoms in total. The summed E-state index contributed by atoms with van der Waals surface area (Å²) in [4.78, 5) is 28.8. The fourth-order valence-electron chi connectivity index (χ4n) is 3.00. The van der Waals surface area contributed by atoms with E-state index in [-0.39, 0.29) is 17.8 Å². The second-order valence-electron chi connectivity index (χ2n) is 7.50. The molecule has 2 unspecified atom stereocenters. The quantitative estimate of drug-likeness (QED) is 0.664. The van der Waals surface area contributed by atoms with Crippen molar-refractivity contribution in [2.24, 2.45) is 0 Å². The van der Waals surface area contributed by atoms with Crippen LogP contribution in [0, 0.1) is 17.0 Å². The molecule has 1 aliphatic rings. The Morgan fingerprint density at radius 3 is 2.68 bits per heavy atom. The molecule has 1 aromatic rings. The molecule has 2 atom stereocenters. The second-order valence-corrected chi connectivity index (χ2v) is 7.50. The fourth-order valence-corrected chi connectivity index (χ4v) is 3.00. The lowest BCUT2D eigenvalue weighted by molar-refractivity contribution is -0.385. The normalized spacial score (nSPS) is 20.9. The Balaban J connectivity index is 1.99. The highest BCUT2D eigenvalue weighted by Gasteiger charge is 2.29. The maximum atomic E-state index is 11.9. The molecule has 0 radical (unpaired) electrons. The number of rotatable bonds is 3. The fraction of sp³-hybridized carbons (Fsp3) is 0.647. The summed E-state index contributed by atoms with van der Waals surface area (Å²) in [6, 6.07) is 1.94. The lowest BCUT2D eigenvalue weighted by Gasteiger charge is -2.38. The summed E-state index contributed by atoms with van der Waals surface area (Å²) >= 11 is 0. The van der Waals surface area contributed by atoms with Gasteiger partial charge in [0.05, 0.1) is 4.92 Å². The van der Waals surface area contributed by atoms with Crippen LogP contribution in [0.15, 0.2) is 12.3 Å². The Labute approximate surface area is 147 Å². The van der Waals surface area contributed by atoms with Crippen LogP contribution in [0.3, 0.4) is 0 Å². The van der Waals surface area contributed by atoms with Crippen molar-refractivity contribution in [3.63, 3.8) is 0 Å². The Kier molecular flexibility index (Phi) is 5.49. The number of alkyl carbamates (subject to hydrolysis) is 1. The van der Waals surface area contributed by atoms with Crippen LogP contribution in [-0.4, -0.2) is 40.2 Å². The molecule has 1 N–H and O–H groups in total. The maximum Gasteiger partial charge on any atom is 0.407 e. The Hall–Kier alpha value is -2.38. The number of ether oxygens (including phenoxy) is 1. The van der Waals surface area contributed by atoms with E-state index in [4.69, 9.17) is 4.74 Å². The number of nitrogens with one attached hydrogen (secondary N) is 1. The van der Waals surface area contributed by atoms with Gasteiger partial charge in [0.25, 0.3) is 5.69 Å². The molecule has 0 saturated carbocycles. The standard InChI is InChI=1S/C17H26N4O4/c1-11-8-15(18-10-14(11)21(23)24)20-7-6-13(9-12(20)2)19-16(22)25-17(3,4)5/h8,10,12-13H,6-7,9H2,1-5H3,(H,19,22). The molecule has 0 bridgehead atoms. The number of carbonyl (C=O) groups is 1. The molecule has 1 aliphatic heterocycles. The zero-order chi connectivity index (χ0) is 18.8. The van der Waals surface area contributed by atoms with Crippen molar-refractivity contribution in [1.29, 1.82) is 0 Å². The van der Waals surface area contributed by atoms with Crippen molar-refractivity contribution in [2.75, 3.05) is 11.4 Å². The first-order chi connectivity index (χ1) is 11.6. The van der Waals surface area contributed by atoms with Gasteiger partial charge in [0.2, 0.25) is 0 Å². The van der Waals surface area contributed by atoms with E-state index in [9.17, 15) is 14.9 Å². The average Bonchev–Trinajstić information content (AvgIpc) is 2.44. The van der Waals surface area contributed by atoms with E-state index in [0.717, 1.165) is 18.7 Å². The number of amides is 1. The van der Waals surface area contributed by atoms with E-state index in [2.05, 4.69) is 22.1 Å². The van der Waals surface area contributed by atoms with Crippen LogP contribution in [0.25, 0.3) is 0 Å². The zero-order valence-electron chi connectivity index (χ0n) is 15.4. The molecule has 138 valence electrons. The van der Waals surface area contributed by atoms with Gasteiger partial charge in [-0.3, -0.25) is 10.1 Å². The third-order valence-electron chi connectivity index (χ3n) is 4.16. The van der Waals surface area contributed by atoms with Crippen LogP contribution < -0.4 is 10.2 Å². The number of carbonyl (C=O) groups excluding carboxylic acids is 1. The average molecular weight is 350 g/mol. The summed E-state index contributed by atoms with van der Waals surface area (Å²) in [6.45, 7) is 9.99. The number of anilines is 1. The minimum atomic E-state index is -0.517. The number of hydrogen-bond acceptors (Lipinski definition) is 6. The lowest BCUT2D eigenvalue weighted by Crippen LogP contribution is -2.50. The summed E-state index contributed by atoms with van der Waals surface area (Å²) in [5, 5.41) is 13.8. The van der Waals surface area contributed by atoms with Gasteiger partial charge in [-0.25, -0.2) is 9.78 Å². The number of nitro groups is 1. The van der Waals surface area contributed by atoms with Crippen LogP contribution in [0.1, 0.15) is 46.1 Å². The summed E-state index contributed by atoms with van der Waals surface area (Å²) in [6.07, 6.45) is 2.43. The topological polar surface area (TPSA) is 97.6 Å². The van der Waals surface area contributed by atoms with E-state index in [1.807, 2.05) is 20.8 Å². The first kappa shape index (κ1) is 19.0. The summed E-state index contributed by atoms with van der Waals surface area (Å²) in [7, 11) is 0. The predicted octanol–water partition coefficient (Wildman–Crippen LogP) is 3.18. The van der Waals surface area contributed by atoms with Crippen molar-refractivity contribution >= 4 is 17.6 Å². The van der Waals surface area contributed by atoms with Gasteiger partial charge >= 0.3 is 6.09 Å². The number of aryl methyl sites for hydroxylation is 1. The van der Waals surface area contributed by atoms with Crippen LogP contribution >= 0.6 is 0 Å². The van der Waals surface area contributed by atoms with Crippen LogP contribution in [-0.2, 0) is 4.74 Å². The van der Waals surface area contributed by atoms with Crippen molar-refractivity contribution in [3.05, 3.63) is 27.9 Å². The first-order valence-corrected chi connectivity index (χ1v) is 8.44. The molecular weight excluding hydrogens is 324 g/mol. The van der Waals surface area contributed by atoms with E-state index < -0.39 is 16.6 Å². The molecule has 8 heteroatoms. The third-order valence-corrected chi connectivity index (χ3v) is 4.16. The first-order valence-electron chi connectivity index (χ1n) is 8.44. The van der Waals surface area contributed by atoms with E-state index in [1.54, 1.807) is 13.0 Å². The van der Waals surface area contributed by atoms with Crippen molar-refractivity contribution in [1.82, 2.24) is 10.3 Å². The smallest absolute Gasteiger partial charge is 0.407 e. The molecule has 0 spiro atoms. The molecule has 1 saturated heterocycles. The van der Waals surface area contributed by atoms with E-state index in [0.29, 0.717) is 12.1 Å². The minimum absolute atomic E-state index is 0.0258. The monoisotopic (exact) mass is 350 g/mol. The largest absolute Gasteiger partial charge is 0.444 e. The van der Waals surface area contributed by atoms with Gasteiger partial charge in [0, 0.05) is 24.2 Å². The van der Waals surface area contributed by atoms with E-state index >= 15 is 0 Å². The Morgan fingerprint density at radius 1 is 1.48 bits per heavy atom. The predicted molar refractivity (Wildman–Crippen MR) is 94.8 cm³/mol. The number of aromatic nitrogens is 1. The van der Waals surface area contributed by atoms with Crippen molar-refractivity contribution in [3.8, 4) is 0 Å². The van der Waals surface area contributed by atoms with Gasteiger partial charge in [-0.05, 0) is 53.5 Å². The summed E-state index contributed by atoms with van der Waals surface area (Å²) in [5.74, 6) is 0.728. The molecule has 1 amide bonds. The number of piperidine rings is 1. The SMILES string of the molecule is Cc1cc(N2CCC(NC(=O)OC(C)(C)C)CC2C)ncc1[N+](=O)[O-]. The number of hydrogen-bond donors (Lipinski definition) is 1. The van der Waals surface area contributed by atoms with Gasteiger partial charge in [0.1, 0.15) is 17.6 Å². The molecule has 1 aromatic heterocycles. The summed E-state index contributed by atoms with van der Waals surface area (Å²) in [5.41, 5.74) is 0.102. The second kappa shape index (κ2) is 7.25. The highest BCUT2D eigenvalue weighted by Crippen LogP contribution is 2.27. The molecule has 2 rings (SSSR count). The third kappa shape index (κ3) is 5.04. The molecular formula is C17H26N4O4. The van der Waals surface area contributed by atoms with Gasteiger partial charge in [-0.1, -0.05) is 0 Å². The molecule has 0 aromatic carbocycles. The van der Waals surface area contributed by atoms with Crippen LogP contribution in [0.4, 0.5) is 16.3 Å². The zero-order valence-corrected chi connectivity index (χ0v) is 15.4. The van der Waals surface area contributed by atoms with E-state index in [1.165, 1.54) is 6.20 Å². The van der Waals surface area contributed by atoms with Crippen LogP contribution in [0.2, 0.25) is 0 Å². The summed E-state index contributed by atoms with van der Waals surface area (Å²) < 4.78 is 5.30. The van der Waals surface area contributed by atoms with Gasteiger partial charge in [-0.15, -0.1) is 0 Å². The maximum absolute atomic E-state index is 11.9. The van der Waals surface area contributed by atoms with Crippen molar-refractivity contribution in [2.45, 2.75) is 65.1 Å². The van der Waals surface area contributed by atoms with Crippen molar-refractivity contribution < 1.29 is 14.5 Å². The van der Waals surface area contributed by atoms with Gasteiger partial charge < -0.3 is 15.0 Å². The Bertz CT molecular complexity index is 657. The minimum Gasteiger partial charge on any atom is -0.444 e. The highest BCUT2D eigenvalue weighted by atomic mass is 16.6.